The maximum atomic E-state index is 5.94. The summed E-state index contributed by atoms with van der Waals surface area (Å²) < 4.78 is 5.69. The molecule has 0 spiro atoms. The Morgan fingerprint density at radius 3 is 2.67 bits per heavy atom. The summed E-state index contributed by atoms with van der Waals surface area (Å²) in [6, 6.07) is 16.5. The number of ether oxygens (including phenoxy) is 1. The predicted molar refractivity (Wildman–Crippen MR) is 88.8 cm³/mol. The zero-order valence-corrected chi connectivity index (χ0v) is 12.8. The Morgan fingerprint density at radius 2 is 1.95 bits per heavy atom. The van der Waals surface area contributed by atoms with Crippen LogP contribution in [0.2, 0.25) is 0 Å². The minimum absolute atomic E-state index is 0.0805. The van der Waals surface area contributed by atoms with Crippen molar-refractivity contribution in [3.63, 3.8) is 0 Å². The summed E-state index contributed by atoms with van der Waals surface area (Å²) in [4.78, 5) is 0. The fourth-order valence-corrected chi connectivity index (χ4v) is 2.26. The Balaban J connectivity index is 2.13. The summed E-state index contributed by atoms with van der Waals surface area (Å²) in [7, 11) is 0. The molecule has 0 saturated carbocycles. The Hall–Kier alpha value is -2.00. The second-order valence-electron chi connectivity index (χ2n) is 5.22. The van der Waals surface area contributed by atoms with E-state index in [-0.39, 0.29) is 6.04 Å². The van der Waals surface area contributed by atoms with Crippen LogP contribution in [0.15, 0.2) is 48.5 Å². The van der Waals surface area contributed by atoms with Gasteiger partial charge < -0.3 is 15.8 Å². The summed E-state index contributed by atoms with van der Waals surface area (Å²) in [6.45, 7) is 5.46. The molecule has 2 aromatic rings. The van der Waals surface area contributed by atoms with Crippen LogP contribution in [-0.4, -0.2) is 13.2 Å². The van der Waals surface area contributed by atoms with Crippen LogP contribution >= 0.6 is 0 Å². The van der Waals surface area contributed by atoms with Crippen molar-refractivity contribution >= 4 is 5.69 Å². The maximum absolute atomic E-state index is 5.94. The monoisotopic (exact) mass is 284 g/mol. The molecule has 0 heterocycles. The molecule has 0 radical (unpaired) electrons. The molecule has 2 rings (SSSR count). The van der Waals surface area contributed by atoms with Crippen molar-refractivity contribution in [1.82, 2.24) is 0 Å². The van der Waals surface area contributed by atoms with E-state index in [9.17, 15) is 0 Å². The topological polar surface area (TPSA) is 47.3 Å². The highest BCUT2D eigenvalue weighted by Gasteiger charge is 2.10. The maximum Gasteiger partial charge on any atom is 0.119 e. The van der Waals surface area contributed by atoms with Gasteiger partial charge in [0.05, 0.1) is 12.6 Å². The van der Waals surface area contributed by atoms with Gasteiger partial charge in [0.25, 0.3) is 0 Å². The first-order valence-electron chi connectivity index (χ1n) is 7.49. The third kappa shape index (κ3) is 4.50. The highest BCUT2D eigenvalue weighted by atomic mass is 16.5. The molecule has 0 saturated heterocycles. The summed E-state index contributed by atoms with van der Waals surface area (Å²) >= 11 is 0. The van der Waals surface area contributed by atoms with E-state index >= 15 is 0 Å². The van der Waals surface area contributed by atoms with Crippen molar-refractivity contribution in [2.24, 2.45) is 5.73 Å². The van der Waals surface area contributed by atoms with Gasteiger partial charge in [-0.05, 0) is 48.7 Å². The van der Waals surface area contributed by atoms with E-state index in [0.29, 0.717) is 6.54 Å². The van der Waals surface area contributed by atoms with Crippen LogP contribution in [-0.2, 0) is 0 Å². The van der Waals surface area contributed by atoms with Gasteiger partial charge in [-0.25, -0.2) is 0 Å². The molecular formula is C18H24N2O. The fraction of sp³-hybridized carbons (Fsp3) is 0.333. The van der Waals surface area contributed by atoms with E-state index in [0.717, 1.165) is 30.0 Å². The quantitative estimate of drug-likeness (QED) is 0.810. The van der Waals surface area contributed by atoms with Crippen molar-refractivity contribution in [3.8, 4) is 5.75 Å². The van der Waals surface area contributed by atoms with Gasteiger partial charge in [-0.1, -0.05) is 31.2 Å². The molecule has 0 fully saturated rings. The van der Waals surface area contributed by atoms with Crippen LogP contribution in [0.3, 0.4) is 0 Å². The smallest absolute Gasteiger partial charge is 0.119 e. The van der Waals surface area contributed by atoms with Gasteiger partial charge in [0.15, 0.2) is 0 Å². The zero-order chi connectivity index (χ0) is 15.1. The summed E-state index contributed by atoms with van der Waals surface area (Å²) in [5.74, 6) is 0.902. The van der Waals surface area contributed by atoms with Crippen molar-refractivity contribution in [3.05, 3.63) is 59.7 Å². The van der Waals surface area contributed by atoms with Crippen LogP contribution < -0.4 is 15.8 Å². The number of nitrogens with one attached hydrogen (secondary N) is 1. The van der Waals surface area contributed by atoms with Gasteiger partial charge in [-0.15, -0.1) is 0 Å². The average Bonchev–Trinajstić information content (AvgIpc) is 2.51. The van der Waals surface area contributed by atoms with Gasteiger partial charge in [0.2, 0.25) is 0 Å². The van der Waals surface area contributed by atoms with Crippen LogP contribution in [0, 0.1) is 6.92 Å². The highest BCUT2D eigenvalue weighted by molar-refractivity contribution is 5.48. The molecule has 1 atom stereocenters. The number of benzene rings is 2. The molecule has 2 aromatic carbocycles. The third-order valence-electron chi connectivity index (χ3n) is 3.33. The van der Waals surface area contributed by atoms with E-state index in [1.54, 1.807) is 0 Å². The van der Waals surface area contributed by atoms with Gasteiger partial charge >= 0.3 is 0 Å². The number of rotatable bonds is 7. The number of anilines is 1. The molecule has 0 aliphatic carbocycles. The van der Waals surface area contributed by atoms with Gasteiger partial charge in [-0.3, -0.25) is 0 Å². The molecule has 3 N–H and O–H groups in total. The lowest BCUT2D eigenvalue weighted by Gasteiger charge is -2.19. The van der Waals surface area contributed by atoms with E-state index in [1.807, 2.05) is 18.2 Å². The molecule has 0 aromatic heterocycles. The minimum Gasteiger partial charge on any atom is -0.494 e. The molecule has 1 unspecified atom stereocenters. The normalized spacial score (nSPS) is 12.0. The van der Waals surface area contributed by atoms with E-state index in [1.165, 1.54) is 5.56 Å². The van der Waals surface area contributed by atoms with Crippen LogP contribution in [0.5, 0.6) is 5.75 Å². The second-order valence-corrected chi connectivity index (χ2v) is 5.22. The Kier molecular flexibility index (Phi) is 5.64. The van der Waals surface area contributed by atoms with E-state index in [2.05, 4.69) is 49.5 Å². The van der Waals surface area contributed by atoms with Gasteiger partial charge in [0, 0.05) is 12.2 Å². The Labute approximate surface area is 127 Å². The summed E-state index contributed by atoms with van der Waals surface area (Å²) in [5, 5.41) is 3.49. The summed E-state index contributed by atoms with van der Waals surface area (Å²) in [5.41, 5.74) is 9.40. The lowest BCUT2D eigenvalue weighted by atomic mass is 10.1. The fourth-order valence-electron chi connectivity index (χ4n) is 2.26. The van der Waals surface area contributed by atoms with Crippen LogP contribution in [0.4, 0.5) is 5.69 Å². The molecule has 0 bridgehead atoms. The van der Waals surface area contributed by atoms with Gasteiger partial charge in [0.1, 0.15) is 5.75 Å². The standard InChI is InChI=1S/C18H24N2O/c1-3-10-21-17-9-5-7-15(12-17)18(13-19)20-16-8-4-6-14(2)11-16/h4-9,11-12,18,20H,3,10,13,19H2,1-2H3. The number of nitrogens with two attached hydrogens (primary N) is 1. The molecule has 0 amide bonds. The van der Waals surface area contributed by atoms with Crippen molar-refractivity contribution in [2.75, 3.05) is 18.5 Å². The Bertz CT molecular complexity index is 569. The third-order valence-corrected chi connectivity index (χ3v) is 3.33. The van der Waals surface area contributed by atoms with E-state index in [4.69, 9.17) is 10.5 Å². The van der Waals surface area contributed by atoms with Crippen molar-refractivity contribution in [2.45, 2.75) is 26.3 Å². The lowest BCUT2D eigenvalue weighted by molar-refractivity contribution is 0.317. The number of hydrogen-bond donors (Lipinski definition) is 2. The van der Waals surface area contributed by atoms with Gasteiger partial charge in [-0.2, -0.15) is 0 Å². The number of hydrogen-bond acceptors (Lipinski definition) is 3. The minimum atomic E-state index is 0.0805. The summed E-state index contributed by atoms with van der Waals surface area (Å²) in [6.07, 6.45) is 1.01. The first-order chi connectivity index (χ1) is 10.2. The molecule has 0 aliphatic heterocycles. The van der Waals surface area contributed by atoms with Crippen LogP contribution in [0.1, 0.15) is 30.5 Å². The average molecular weight is 284 g/mol. The first-order valence-corrected chi connectivity index (χ1v) is 7.49. The molecular weight excluding hydrogens is 260 g/mol. The predicted octanol–water partition coefficient (Wildman–Crippen LogP) is 3.90. The Morgan fingerprint density at radius 1 is 1.14 bits per heavy atom. The zero-order valence-electron chi connectivity index (χ0n) is 12.8. The molecule has 21 heavy (non-hydrogen) atoms. The highest BCUT2D eigenvalue weighted by Crippen LogP contribution is 2.23. The molecule has 0 aliphatic rings. The molecule has 3 nitrogen and oxygen atoms in total. The van der Waals surface area contributed by atoms with E-state index < -0.39 is 0 Å². The van der Waals surface area contributed by atoms with Crippen LogP contribution in [0.25, 0.3) is 0 Å². The second kappa shape index (κ2) is 7.70. The molecule has 3 heteroatoms. The largest absolute Gasteiger partial charge is 0.494 e. The first kappa shape index (κ1) is 15.4. The number of aryl methyl sites for hydroxylation is 1. The lowest BCUT2D eigenvalue weighted by Crippen LogP contribution is -2.20. The van der Waals surface area contributed by atoms with Crippen molar-refractivity contribution < 1.29 is 4.74 Å². The SMILES string of the molecule is CCCOc1cccc(C(CN)Nc2cccc(C)c2)c1. The molecule has 112 valence electrons. The van der Waals surface area contributed by atoms with Crippen molar-refractivity contribution in [1.29, 1.82) is 0 Å².